The van der Waals surface area contributed by atoms with Gasteiger partial charge in [0.25, 0.3) is 5.91 Å². The molecule has 0 heterocycles. The zero-order chi connectivity index (χ0) is 19.8. The lowest BCUT2D eigenvalue weighted by Gasteiger charge is -2.12. The molecule has 0 saturated carbocycles. The first-order valence-corrected chi connectivity index (χ1v) is 8.83. The van der Waals surface area contributed by atoms with Gasteiger partial charge in [-0.3, -0.25) is 9.59 Å². The van der Waals surface area contributed by atoms with Crippen molar-refractivity contribution >= 4 is 17.5 Å². The standard InChI is InChI=1S/C21H26N2O4/c1-14(2)22-20(24)12-16-6-8-17(9-7-16)23-21(25)13-27-18-10-5-15(3)11-19(18)26-4/h5-11,14H,12-13H2,1-4H3,(H,22,24)(H,23,25). The number of carbonyl (C=O) groups excluding carboxylic acids is 2. The van der Waals surface area contributed by atoms with E-state index >= 15 is 0 Å². The van der Waals surface area contributed by atoms with Crippen molar-refractivity contribution < 1.29 is 19.1 Å². The third-order valence-electron chi connectivity index (χ3n) is 3.73. The topological polar surface area (TPSA) is 76.7 Å². The van der Waals surface area contributed by atoms with Gasteiger partial charge in [-0.1, -0.05) is 18.2 Å². The number of rotatable bonds is 8. The van der Waals surface area contributed by atoms with Crippen LogP contribution < -0.4 is 20.1 Å². The van der Waals surface area contributed by atoms with Gasteiger partial charge in [-0.05, 0) is 56.2 Å². The minimum atomic E-state index is -0.275. The van der Waals surface area contributed by atoms with E-state index in [-0.39, 0.29) is 24.5 Å². The van der Waals surface area contributed by atoms with Crippen LogP contribution in [0.25, 0.3) is 0 Å². The second kappa shape index (κ2) is 9.62. The predicted octanol–water partition coefficient (Wildman–Crippen LogP) is 3.09. The molecule has 0 spiro atoms. The first kappa shape index (κ1) is 20.3. The van der Waals surface area contributed by atoms with Gasteiger partial charge in [0.1, 0.15) is 0 Å². The summed E-state index contributed by atoms with van der Waals surface area (Å²) in [4.78, 5) is 23.9. The fourth-order valence-corrected chi connectivity index (χ4v) is 2.50. The molecule has 144 valence electrons. The first-order chi connectivity index (χ1) is 12.9. The van der Waals surface area contributed by atoms with E-state index in [0.29, 0.717) is 23.6 Å². The second-order valence-electron chi connectivity index (χ2n) is 6.59. The molecule has 0 radical (unpaired) electrons. The minimum absolute atomic E-state index is 0.0257. The van der Waals surface area contributed by atoms with E-state index in [2.05, 4.69) is 10.6 Å². The second-order valence-corrected chi connectivity index (χ2v) is 6.59. The molecule has 2 rings (SSSR count). The quantitative estimate of drug-likeness (QED) is 0.749. The molecule has 27 heavy (non-hydrogen) atoms. The average molecular weight is 370 g/mol. The molecule has 0 aromatic heterocycles. The van der Waals surface area contributed by atoms with Crippen LogP contribution in [0.5, 0.6) is 11.5 Å². The Labute approximate surface area is 159 Å². The molecule has 2 amide bonds. The summed E-state index contributed by atoms with van der Waals surface area (Å²) in [5.74, 6) is 0.807. The van der Waals surface area contributed by atoms with Crippen LogP contribution in [0, 0.1) is 6.92 Å². The Morgan fingerprint density at radius 2 is 1.70 bits per heavy atom. The lowest BCUT2D eigenvalue weighted by molar-refractivity contribution is -0.121. The largest absolute Gasteiger partial charge is 0.493 e. The van der Waals surface area contributed by atoms with Crippen molar-refractivity contribution in [3.8, 4) is 11.5 Å². The van der Waals surface area contributed by atoms with Crippen molar-refractivity contribution in [3.63, 3.8) is 0 Å². The van der Waals surface area contributed by atoms with Gasteiger partial charge in [-0.15, -0.1) is 0 Å². The van der Waals surface area contributed by atoms with Crippen molar-refractivity contribution in [1.29, 1.82) is 0 Å². The van der Waals surface area contributed by atoms with Crippen LogP contribution in [0.15, 0.2) is 42.5 Å². The van der Waals surface area contributed by atoms with Crippen LogP contribution in [-0.4, -0.2) is 31.6 Å². The molecule has 2 aromatic carbocycles. The zero-order valence-corrected chi connectivity index (χ0v) is 16.2. The Hall–Kier alpha value is -3.02. The number of carbonyl (C=O) groups is 2. The fraction of sp³-hybridized carbons (Fsp3) is 0.333. The molecule has 6 nitrogen and oxygen atoms in total. The van der Waals surface area contributed by atoms with Gasteiger partial charge in [0.15, 0.2) is 18.1 Å². The normalized spacial score (nSPS) is 10.4. The van der Waals surface area contributed by atoms with Gasteiger partial charge < -0.3 is 20.1 Å². The van der Waals surface area contributed by atoms with Gasteiger partial charge in [-0.25, -0.2) is 0 Å². The van der Waals surface area contributed by atoms with Crippen LogP contribution in [0.1, 0.15) is 25.0 Å². The molecule has 2 N–H and O–H groups in total. The molecule has 0 unspecified atom stereocenters. The molecular formula is C21H26N2O4. The highest BCUT2D eigenvalue weighted by atomic mass is 16.5. The molecule has 6 heteroatoms. The number of hydrogen-bond donors (Lipinski definition) is 2. The predicted molar refractivity (Wildman–Crippen MR) is 105 cm³/mol. The number of benzene rings is 2. The summed E-state index contributed by atoms with van der Waals surface area (Å²) in [7, 11) is 1.56. The number of hydrogen-bond acceptors (Lipinski definition) is 4. The summed E-state index contributed by atoms with van der Waals surface area (Å²) in [6.45, 7) is 5.67. The maximum atomic E-state index is 12.1. The van der Waals surface area contributed by atoms with Crippen LogP contribution in [0.3, 0.4) is 0 Å². The Balaban J connectivity index is 1.86. The lowest BCUT2D eigenvalue weighted by Crippen LogP contribution is -2.31. The molecule has 0 fully saturated rings. The summed E-state index contributed by atoms with van der Waals surface area (Å²) >= 11 is 0. The number of methoxy groups -OCH3 is 1. The van der Waals surface area contributed by atoms with Crippen LogP contribution >= 0.6 is 0 Å². The fourth-order valence-electron chi connectivity index (χ4n) is 2.50. The van der Waals surface area contributed by atoms with Crippen LogP contribution in [-0.2, 0) is 16.0 Å². The van der Waals surface area contributed by atoms with E-state index in [1.165, 1.54) is 0 Å². The van der Waals surface area contributed by atoms with Gasteiger partial charge in [-0.2, -0.15) is 0 Å². The number of anilines is 1. The minimum Gasteiger partial charge on any atom is -0.493 e. The van der Waals surface area contributed by atoms with E-state index in [1.54, 1.807) is 25.3 Å². The van der Waals surface area contributed by atoms with Gasteiger partial charge in [0.05, 0.1) is 13.5 Å². The van der Waals surface area contributed by atoms with Crippen molar-refractivity contribution in [2.75, 3.05) is 19.0 Å². The highest BCUT2D eigenvalue weighted by molar-refractivity contribution is 5.92. The summed E-state index contributed by atoms with van der Waals surface area (Å²) < 4.78 is 10.8. The van der Waals surface area contributed by atoms with Crippen LogP contribution in [0.2, 0.25) is 0 Å². The van der Waals surface area contributed by atoms with Gasteiger partial charge in [0, 0.05) is 11.7 Å². The highest BCUT2D eigenvalue weighted by Crippen LogP contribution is 2.27. The molecular weight excluding hydrogens is 344 g/mol. The number of nitrogens with one attached hydrogen (secondary N) is 2. The molecule has 0 aliphatic heterocycles. The van der Waals surface area contributed by atoms with Crippen LogP contribution in [0.4, 0.5) is 5.69 Å². The van der Waals surface area contributed by atoms with E-state index < -0.39 is 0 Å². The highest BCUT2D eigenvalue weighted by Gasteiger charge is 2.09. The van der Waals surface area contributed by atoms with Gasteiger partial charge in [0.2, 0.25) is 5.91 Å². The molecule has 0 aliphatic rings. The van der Waals surface area contributed by atoms with E-state index in [0.717, 1.165) is 11.1 Å². The van der Waals surface area contributed by atoms with E-state index in [4.69, 9.17) is 9.47 Å². The van der Waals surface area contributed by atoms with Crippen molar-refractivity contribution in [1.82, 2.24) is 5.32 Å². The average Bonchev–Trinajstić information content (AvgIpc) is 2.61. The number of aryl methyl sites for hydroxylation is 1. The number of ether oxygens (including phenoxy) is 2. The first-order valence-electron chi connectivity index (χ1n) is 8.83. The smallest absolute Gasteiger partial charge is 0.262 e. The summed E-state index contributed by atoms with van der Waals surface area (Å²) in [5, 5.41) is 5.62. The van der Waals surface area contributed by atoms with Crippen molar-refractivity contribution in [3.05, 3.63) is 53.6 Å². The SMILES string of the molecule is COc1cc(C)ccc1OCC(=O)Nc1ccc(CC(=O)NC(C)C)cc1. The molecule has 0 atom stereocenters. The van der Waals surface area contributed by atoms with Gasteiger partial charge >= 0.3 is 0 Å². The van der Waals surface area contributed by atoms with Crippen molar-refractivity contribution in [2.24, 2.45) is 0 Å². The monoisotopic (exact) mass is 370 g/mol. The summed E-state index contributed by atoms with van der Waals surface area (Å²) in [6, 6.07) is 12.8. The zero-order valence-electron chi connectivity index (χ0n) is 16.2. The maximum absolute atomic E-state index is 12.1. The Bertz CT molecular complexity index is 785. The maximum Gasteiger partial charge on any atom is 0.262 e. The van der Waals surface area contributed by atoms with E-state index in [1.807, 2.05) is 45.0 Å². The third kappa shape index (κ3) is 6.66. The third-order valence-corrected chi connectivity index (χ3v) is 3.73. The summed E-state index contributed by atoms with van der Waals surface area (Å²) in [6.07, 6.45) is 0.308. The lowest BCUT2D eigenvalue weighted by atomic mass is 10.1. The Morgan fingerprint density at radius 1 is 1.00 bits per heavy atom. The molecule has 0 bridgehead atoms. The summed E-state index contributed by atoms with van der Waals surface area (Å²) in [5.41, 5.74) is 2.57. The molecule has 0 aliphatic carbocycles. The Morgan fingerprint density at radius 3 is 2.33 bits per heavy atom. The molecule has 2 aromatic rings. The van der Waals surface area contributed by atoms with Crippen molar-refractivity contribution in [2.45, 2.75) is 33.2 Å². The van der Waals surface area contributed by atoms with E-state index in [9.17, 15) is 9.59 Å². The number of amides is 2. The molecule has 0 saturated heterocycles. The Kier molecular flexibility index (Phi) is 7.23.